The minimum Gasteiger partial charge on any atom is -0.480 e. The van der Waals surface area contributed by atoms with Gasteiger partial charge in [0.1, 0.15) is 11.4 Å². The maximum absolute atomic E-state index is 11.7. The van der Waals surface area contributed by atoms with E-state index in [-0.39, 0.29) is 0 Å². The van der Waals surface area contributed by atoms with Crippen LogP contribution in [-0.4, -0.2) is 56.3 Å². The summed E-state index contributed by atoms with van der Waals surface area (Å²) in [6, 6.07) is 14.1. The topological polar surface area (TPSA) is 54.9 Å². The molecule has 0 amide bonds. The number of anilines is 1. The van der Waals surface area contributed by atoms with Crippen molar-refractivity contribution in [2.24, 2.45) is 0 Å². The molecule has 0 unspecified atom stereocenters. The molecule has 132 valence electrons. The average molecular weight is 341 g/mol. The summed E-state index contributed by atoms with van der Waals surface area (Å²) in [5, 5.41) is 0. The van der Waals surface area contributed by atoms with Crippen LogP contribution in [0.1, 0.15) is 15.9 Å². The minimum absolute atomic E-state index is 0.302. The Kier molecular flexibility index (Phi) is 5.50. The van der Waals surface area contributed by atoms with E-state index in [1.807, 2.05) is 12.1 Å². The first kappa shape index (κ1) is 17.2. The number of ether oxygens (including phenoxy) is 2. The molecule has 0 spiro atoms. The Morgan fingerprint density at radius 2 is 1.76 bits per heavy atom. The third kappa shape index (κ3) is 4.09. The van der Waals surface area contributed by atoms with E-state index in [9.17, 15) is 4.79 Å². The lowest BCUT2D eigenvalue weighted by Crippen LogP contribution is -2.46. The van der Waals surface area contributed by atoms with Gasteiger partial charge in [-0.05, 0) is 17.7 Å². The molecule has 0 saturated carbocycles. The molecule has 1 aliphatic rings. The van der Waals surface area contributed by atoms with E-state index in [0.29, 0.717) is 11.4 Å². The Balaban J connectivity index is 1.63. The molecule has 1 fully saturated rings. The fourth-order valence-electron chi connectivity index (χ4n) is 3.00. The number of aromatic nitrogens is 1. The van der Waals surface area contributed by atoms with Crippen LogP contribution >= 0.6 is 0 Å². The van der Waals surface area contributed by atoms with Crippen LogP contribution in [0.25, 0.3) is 0 Å². The maximum atomic E-state index is 11.7. The Hall–Kier alpha value is -2.60. The van der Waals surface area contributed by atoms with Crippen molar-refractivity contribution in [1.82, 2.24) is 9.88 Å². The number of piperazine rings is 1. The molecule has 0 bridgehead atoms. The number of nitrogens with zero attached hydrogens (tertiary/aromatic N) is 3. The molecule has 1 aromatic carbocycles. The Morgan fingerprint density at radius 1 is 1.04 bits per heavy atom. The molecule has 0 radical (unpaired) electrons. The van der Waals surface area contributed by atoms with Crippen molar-refractivity contribution < 1.29 is 14.3 Å². The molecule has 3 rings (SSSR count). The maximum Gasteiger partial charge on any atom is 0.343 e. The van der Waals surface area contributed by atoms with E-state index >= 15 is 0 Å². The third-order valence-electron chi connectivity index (χ3n) is 4.39. The standard InChI is InChI=1S/C19H23N3O3/c1-24-18-16(19(23)25-2)8-9-17(20-18)22-12-10-21(11-13-22)14-15-6-4-3-5-7-15/h3-9H,10-14H2,1-2H3. The van der Waals surface area contributed by atoms with Crippen LogP contribution in [-0.2, 0) is 11.3 Å². The Morgan fingerprint density at radius 3 is 2.40 bits per heavy atom. The number of hydrogen-bond acceptors (Lipinski definition) is 6. The lowest BCUT2D eigenvalue weighted by atomic mass is 10.2. The summed E-state index contributed by atoms with van der Waals surface area (Å²) in [6.45, 7) is 4.68. The minimum atomic E-state index is -0.441. The van der Waals surface area contributed by atoms with E-state index in [2.05, 4.69) is 39.0 Å². The van der Waals surface area contributed by atoms with Gasteiger partial charge in [0.05, 0.1) is 14.2 Å². The zero-order valence-corrected chi connectivity index (χ0v) is 14.6. The van der Waals surface area contributed by atoms with Crippen molar-refractivity contribution >= 4 is 11.8 Å². The highest BCUT2D eigenvalue weighted by Crippen LogP contribution is 2.23. The van der Waals surface area contributed by atoms with E-state index in [1.165, 1.54) is 19.8 Å². The number of carbonyl (C=O) groups is 1. The highest BCUT2D eigenvalue weighted by atomic mass is 16.5. The fraction of sp³-hybridized carbons (Fsp3) is 0.368. The smallest absolute Gasteiger partial charge is 0.343 e. The van der Waals surface area contributed by atoms with Crippen molar-refractivity contribution in [3.8, 4) is 5.88 Å². The molecule has 2 heterocycles. The summed E-state index contributed by atoms with van der Waals surface area (Å²) in [6.07, 6.45) is 0. The van der Waals surface area contributed by atoms with Gasteiger partial charge in [0.15, 0.2) is 0 Å². The van der Waals surface area contributed by atoms with Crippen LogP contribution in [0.2, 0.25) is 0 Å². The second-order valence-corrected chi connectivity index (χ2v) is 5.97. The van der Waals surface area contributed by atoms with Crippen LogP contribution < -0.4 is 9.64 Å². The van der Waals surface area contributed by atoms with Crippen LogP contribution in [0.3, 0.4) is 0 Å². The van der Waals surface area contributed by atoms with Gasteiger partial charge in [0, 0.05) is 32.7 Å². The largest absolute Gasteiger partial charge is 0.480 e. The van der Waals surface area contributed by atoms with Gasteiger partial charge in [-0.25, -0.2) is 4.79 Å². The van der Waals surface area contributed by atoms with Gasteiger partial charge in [0.2, 0.25) is 5.88 Å². The second-order valence-electron chi connectivity index (χ2n) is 5.97. The van der Waals surface area contributed by atoms with Gasteiger partial charge in [-0.1, -0.05) is 30.3 Å². The molecule has 6 heteroatoms. The van der Waals surface area contributed by atoms with Crippen molar-refractivity contribution in [3.63, 3.8) is 0 Å². The zero-order valence-electron chi connectivity index (χ0n) is 14.6. The number of carbonyl (C=O) groups excluding carboxylic acids is 1. The van der Waals surface area contributed by atoms with Crippen LogP contribution in [0.5, 0.6) is 5.88 Å². The molecular formula is C19H23N3O3. The first-order valence-electron chi connectivity index (χ1n) is 8.36. The zero-order chi connectivity index (χ0) is 17.6. The number of esters is 1. The number of rotatable bonds is 5. The van der Waals surface area contributed by atoms with Gasteiger partial charge in [-0.3, -0.25) is 4.90 Å². The summed E-state index contributed by atoms with van der Waals surface area (Å²) in [5.41, 5.74) is 1.68. The van der Waals surface area contributed by atoms with Gasteiger partial charge in [-0.15, -0.1) is 0 Å². The summed E-state index contributed by atoms with van der Waals surface area (Å²) in [4.78, 5) is 20.9. The van der Waals surface area contributed by atoms with Crippen LogP contribution in [0.15, 0.2) is 42.5 Å². The number of benzene rings is 1. The van der Waals surface area contributed by atoms with Gasteiger partial charge >= 0.3 is 5.97 Å². The summed E-state index contributed by atoms with van der Waals surface area (Å²) in [5.74, 6) is 0.684. The van der Waals surface area contributed by atoms with Crippen LogP contribution in [0, 0.1) is 0 Å². The van der Waals surface area contributed by atoms with Gasteiger partial charge in [0.25, 0.3) is 0 Å². The predicted molar refractivity (Wildman–Crippen MR) is 96.1 cm³/mol. The second kappa shape index (κ2) is 7.98. The normalized spacial score (nSPS) is 15.0. The quantitative estimate of drug-likeness (QED) is 0.777. The first-order chi connectivity index (χ1) is 12.2. The van der Waals surface area contributed by atoms with E-state index in [1.54, 1.807) is 6.07 Å². The number of pyridine rings is 1. The lowest BCUT2D eigenvalue weighted by molar-refractivity contribution is 0.0596. The van der Waals surface area contributed by atoms with Crippen molar-refractivity contribution in [2.75, 3.05) is 45.3 Å². The van der Waals surface area contributed by atoms with Crippen molar-refractivity contribution in [2.45, 2.75) is 6.54 Å². The summed E-state index contributed by atoms with van der Waals surface area (Å²) in [7, 11) is 2.86. The predicted octanol–water partition coefficient (Wildman–Crippen LogP) is 2.20. The van der Waals surface area contributed by atoms with Crippen molar-refractivity contribution in [1.29, 1.82) is 0 Å². The molecule has 1 saturated heterocycles. The third-order valence-corrected chi connectivity index (χ3v) is 4.39. The molecule has 25 heavy (non-hydrogen) atoms. The monoisotopic (exact) mass is 341 g/mol. The Bertz CT molecular complexity index is 713. The van der Waals surface area contributed by atoms with Crippen molar-refractivity contribution in [3.05, 3.63) is 53.6 Å². The average Bonchev–Trinajstić information content (AvgIpc) is 2.68. The summed E-state index contributed by atoms with van der Waals surface area (Å²) < 4.78 is 10.0. The van der Waals surface area contributed by atoms with Gasteiger partial charge in [-0.2, -0.15) is 4.98 Å². The molecule has 1 aromatic heterocycles. The number of methoxy groups -OCH3 is 2. The van der Waals surface area contributed by atoms with E-state index in [4.69, 9.17) is 9.47 Å². The molecule has 0 atom stereocenters. The molecule has 1 aliphatic heterocycles. The summed E-state index contributed by atoms with van der Waals surface area (Å²) >= 11 is 0. The first-order valence-corrected chi connectivity index (χ1v) is 8.36. The molecule has 2 aromatic rings. The fourth-order valence-corrected chi connectivity index (χ4v) is 3.00. The molecule has 6 nitrogen and oxygen atoms in total. The molecule has 0 aliphatic carbocycles. The SMILES string of the molecule is COC(=O)c1ccc(N2CCN(Cc3ccccc3)CC2)nc1OC. The van der Waals surface area contributed by atoms with E-state index < -0.39 is 5.97 Å². The molecular weight excluding hydrogens is 318 g/mol. The van der Waals surface area contributed by atoms with Gasteiger partial charge < -0.3 is 14.4 Å². The highest BCUT2D eigenvalue weighted by Gasteiger charge is 2.21. The Labute approximate surface area is 148 Å². The lowest BCUT2D eigenvalue weighted by Gasteiger charge is -2.35. The number of hydrogen-bond donors (Lipinski definition) is 0. The van der Waals surface area contributed by atoms with E-state index in [0.717, 1.165) is 38.5 Å². The van der Waals surface area contributed by atoms with Crippen LogP contribution in [0.4, 0.5) is 5.82 Å². The highest BCUT2D eigenvalue weighted by molar-refractivity contribution is 5.92. The molecule has 0 N–H and O–H groups in total.